The lowest BCUT2D eigenvalue weighted by Gasteiger charge is -2.06. The van der Waals surface area contributed by atoms with Crippen LogP contribution in [0.1, 0.15) is 17.3 Å². The van der Waals surface area contributed by atoms with Gasteiger partial charge >= 0.3 is 0 Å². The quantitative estimate of drug-likeness (QED) is 0.399. The fourth-order valence-corrected chi connectivity index (χ4v) is 4.37. The zero-order valence-electron chi connectivity index (χ0n) is 15.0. The SMILES string of the molecule is CC(=O)c1ccc(NC(=O)CSc2nnc3n(C)c(=O)c4sccc4n23)cc1. The van der Waals surface area contributed by atoms with E-state index in [1.807, 2.05) is 11.4 Å². The first-order valence-corrected chi connectivity index (χ1v) is 10.2. The van der Waals surface area contributed by atoms with Crippen LogP contribution in [-0.2, 0) is 11.8 Å². The fourth-order valence-electron chi connectivity index (χ4n) is 2.78. The lowest BCUT2D eigenvalue weighted by molar-refractivity contribution is -0.113. The van der Waals surface area contributed by atoms with Gasteiger partial charge in [0.05, 0.1) is 11.3 Å². The number of carbonyl (C=O) groups excluding carboxylic acids is 2. The highest BCUT2D eigenvalue weighted by Gasteiger charge is 2.17. The van der Waals surface area contributed by atoms with Crippen LogP contribution >= 0.6 is 23.1 Å². The van der Waals surface area contributed by atoms with Gasteiger partial charge in [-0.25, -0.2) is 0 Å². The molecule has 0 aliphatic carbocycles. The number of rotatable bonds is 5. The average Bonchev–Trinajstić information content (AvgIpc) is 3.31. The molecule has 0 radical (unpaired) electrons. The number of Topliss-reactive ketones (excluding diaryl/α,β-unsaturated/α-hetero) is 1. The van der Waals surface area contributed by atoms with Gasteiger partial charge in [-0.1, -0.05) is 11.8 Å². The van der Waals surface area contributed by atoms with Crippen LogP contribution in [0.3, 0.4) is 0 Å². The number of aryl methyl sites for hydroxylation is 1. The van der Waals surface area contributed by atoms with Crippen LogP contribution in [0.5, 0.6) is 0 Å². The number of amides is 1. The first-order chi connectivity index (χ1) is 13.5. The van der Waals surface area contributed by atoms with Crippen molar-refractivity contribution < 1.29 is 9.59 Å². The third kappa shape index (κ3) is 3.20. The summed E-state index contributed by atoms with van der Waals surface area (Å²) in [4.78, 5) is 35.9. The molecule has 0 saturated carbocycles. The van der Waals surface area contributed by atoms with Gasteiger partial charge in [-0.3, -0.25) is 23.4 Å². The van der Waals surface area contributed by atoms with E-state index in [2.05, 4.69) is 15.5 Å². The molecule has 0 fully saturated rings. The van der Waals surface area contributed by atoms with Gasteiger partial charge in [-0.2, -0.15) is 0 Å². The number of fused-ring (bicyclic) bond motifs is 3. The maximum atomic E-state index is 12.3. The van der Waals surface area contributed by atoms with Crippen molar-refractivity contribution in [3.05, 3.63) is 51.6 Å². The first kappa shape index (κ1) is 18.4. The summed E-state index contributed by atoms with van der Waals surface area (Å²) in [7, 11) is 1.65. The Bertz CT molecular complexity index is 1270. The summed E-state index contributed by atoms with van der Waals surface area (Å²) in [5.41, 5.74) is 1.82. The minimum atomic E-state index is -0.205. The lowest BCUT2D eigenvalue weighted by atomic mass is 10.1. The van der Waals surface area contributed by atoms with Crippen molar-refractivity contribution in [1.82, 2.24) is 19.2 Å². The highest BCUT2D eigenvalue weighted by molar-refractivity contribution is 7.99. The van der Waals surface area contributed by atoms with E-state index in [0.29, 0.717) is 26.9 Å². The second-order valence-electron chi connectivity index (χ2n) is 6.09. The number of benzene rings is 1. The number of hydrogen-bond acceptors (Lipinski definition) is 7. The number of hydrogen-bond donors (Lipinski definition) is 1. The number of carbonyl (C=O) groups is 2. The second kappa shape index (κ2) is 7.21. The summed E-state index contributed by atoms with van der Waals surface area (Å²) in [6.45, 7) is 1.49. The number of ketones is 1. The summed E-state index contributed by atoms with van der Waals surface area (Å²) < 4.78 is 3.85. The van der Waals surface area contributed by atoms with Crippen LogP contribution in [-0.4, -0.2) is 36.6 Å². The van der Waals surface area contributed by atoms with E-state index in [1.54, 1.807) is 35.7 Å². The highest BCUT2D eigenvalue weighted by Crippen LogP contribution is 2.24. The molecular formula is C18H15N5O3S2. The Labute approximate surface area is 167 Å². The third-order valence-corrected chi connectivity index (χ3v) is 6.03. The second-order valence-corrected chi connectivity index (χ2v) is 7.95. The Hall–Kier alpha value is -2.98. The number of aromatic nitrogens is 4. The molecule has 0 bridgehead atoms. The largest absolute Gasteiger partial charge is 0.325 e. The van der Waals surface area contributed by atoms with Crippen LogP contribution in [0, 0.1) is 0 Å². The smallest absolute Gasteiger partial charge is 0.272 e. The average molecular weight is 413 g/mol. The van der Waals surface area contributed by atoms with Crippen molar-refractivity contribution in [3.8, 4) is 0 Å². The number of thiophene rings is 1. The molecule has 28 heavy (non-hydrogen) atoms. The van der Waals surface area contributed by atoms with Gasteiger partial charge < -0.3 is 5.32 Å². The molecule has 0 saturated heterocycles. The summed E-state index contributed by atoms with van der Waals surface area (Å²) >= 11 is 2.60. The van der Waals surface area contributed by atoms with Crippen LogP contribution in [0.15, 0.2) is 45.7 Å². The summed E-state index contributed by atoms with van der Waals surface area (Å²) in [6, 6.07) is 8.57. The van der Waals surface area contributed by atoms with Crippen molar-refractivity contribution in [2.75, 3.05) is 11.1 Å². The van der Waals surface area contributed by atoms with Crippen molar-refractivity contribution in [1.29, 1.82) is 0 Å². The molecule has 0 spiro atoms. The predicted molar refractivity (Wildman–Crippen MR) is 109 cm³/mol. The van der Waals surface area contributed by atoms with Crippen molar-refractivity contribution >= 4 is 56.5 Å². The molecular weight excluding hydrogens is 398 g/mol. The normalized spacial score (nSPS) is 11.2. The topological polar surface area (TPSA) is 98.4 Å². The van der Waals surface area contributed by atoms with E-state index >= 15 is 0 Å². The van der Waals surface area contributed by atoms with Gasteiger partial charge in [0, 0.05) is 18.3 Å². The zero-order chi connectivity index (χ0) is 19.8. The summed E-state index contributed by atoms with van der Waals surface area (Å²) in [5, 5.41) is 13.4. The molecule has 4 rings (SSSR count). The fraction of sp³-hybridized carbons (Fsp3) is 0.167. The summed E-state index contributed by atoms with van der Waals surface area (Å²) in [6.07, 6.45) is 0. The minimum Gasteiger partial charge on any atom is -0.325 e. The molecule has 1 aromatic carbocycles. The Morgan fingerprint density at radius 2 is 1.93 bits per heavy atom. The molecule has 1 N–H and O–H groups in total. The van der Waals surface area contributed by atoms with E-state index < -0.39 is 0 Å². The monoisotopic (exact) mass is 413 g/mol. The van der Waals surface area contributed by atoms with Crippen molar-refractivity contribution in [3.63, 3.8) is 0 Å². The molecule has 0 aliphatic rings. The molecule has 8 nitrogen and oxygen atoms in total. The van der Waals surface area contributed by atoms with E-state index in [4.69, 9.17) is 0 Å². The molecule has 4 aromatic rings. The van der Waals surface area contributed by atoms with Gasteiger partial charge in [0.2, 0.25) is 11.7 Å². The van der Waals surface area contributed by atoms with E-state index in [9.17, 15) is 14.4 Å². The molecule has 3 heterocycles. The first-order valence-electron chi connectivity index (χ1n) is 8.30. The maximum absolute atomic E-state index is 12.3. The molecule has 142 valence electrons. The number of anilines is 1. The van der Waals surface area contributed by atoms with Crippen LogP contribution in [0.4, 0.5) is 5.69 Å². The molecule has 0 unspecified atom stereocenters. The number of thioether (sulfide) groups is 1. The lowest BCUT2D eigenvalue weighted by Crippen LogP contribution is -2.19. The standard InChI is InChI=1S/C18H15N5O3S2/c1-10(24)11-3-5-12(6-4-11)19-14(25)9-28-18-21-20-17-22(2)16(26)15-13(23(17)18)7-8-27-15/h3-8H,9H2,1-2H3,(H,19,25). The van der Waals surface area contributed by atoms with E-state index in [1.165, 1.54) is 34.6 Å². The Morgan fingerprint density at radius 1 is 1.18 bits per heavy atom. The van der Waals surface area contributed by atoms with Crippen molar-refractivity contribution in [2.24, 2.45) is 7.05 Å². The molecule has 0 aliphatic heterocycles. The Balaban J connectivity index is 1.53. The molecule has 10 heteroatoms. The van der Waals surface area contributed by atoms with Gasteiger partial charge in [-0.05, 0) is 42.6 Å². The Morgan fingerprint density at radius 3 is 2.64 bits per heavy atom. The van der Waals surface area contributed by atoms with Gasteiger partial charge in [-0.15, -0.1) is 21.5 Å². The van der Waals surface area contributed by atoms with Gasteiger partial charge in [0.1, 0.15) is 4.70 Å². The molecule has 0 atom stereocenters. The predicted octanol–water partition coefficient (Wildman–Crippen LogP) is 2.58. The van der Waals surface area contributed by atoms with Crippen LogP contribution in [0.25, 0.3) is 16.0 Å². The molecule has 1 amide bonds. The Kier molecular flexibility index (Phi) is 4.73. The number of nitrogens with one attached hydrogen (secondary N) is 1. The van der Waals surface area contributed by atoms with Gasteiger partial charge in [0.25, 0.3) is 5.56 Å². The van der Waals surface area contributed by atoms with E-state index in [0.717, 1.165) is 5.52 Å². The van der Waals surface area contributed by atoms with E-state index in [-0.39, 0.29) is 23.0 Å². The highest BCUT2D eigenvalue weighted by atomic mass is 32.2. The van der Waals surface area contributed by atoms with Crippen LogP contribution < -0.4 is 10.9 Å². The van der Waals surface area contributed by atoms with Crippen LogP contribution in [0.2, 0.25) is 0 Å². The minimum absolute atomic E-state index is 0.0266. The molecule has 3 aromatic heterocycles. The maximum Gasteiger partial charge on any atom is 0.272 e. The zero-order valence-corrected chi connectivity index (χ0v) is 16.6. The van der Waals surface area contributed by atoms with Crippen molar-refractivity contribution in [2.45, 2.75) is 12.1 Å². The third-order valence-electron chi connectivity index (χ3n) is 4.21. The van der Waals surface area contributed by atoms with Gasteiger partial charge in [0.15, 0.2) is 10.9 Å². The summed E-state index contributed by atoms with van der Waals surface area (Å²) in [5.74, 6) is 0.326. The number of nitrogens with zero attached hydrogens (tertiary/aromatic N) is 4.